The molecule has 1 aromatic carbocycles. The van der Waals surface area contributed by atoms with Crippen LogP contribution < -0.4 is 5.73 Å². The van der Waals surface area contributed by atoms with Crippen molar-refractivity contribution in [2.24, 2.45) is 0 Å². The molecule has 0 aliphatic carbocycles. The average molecular weight is 191 g/mol. The van der Waals surface area contributed by atoms with E-state index in [1.54, 1.807) is 6.07 Å². The van der Waals surface area contributed by atoms with Gasteiger partial charge in [-0.05, 0) is 6.07 Å². The predicted octanol–water partition coefficient (Wildman–Crippen LogP) is 0.861. The molecule has 1 aromatic rings. The Balaban J connectivity index is 3.51. The van der Waals surface area contributed by atoms with Crippen molar-refractivity contribution in [3.63, 3.8) is 0 Å². The summed E-state index contributed by atoms with van der Waals surface area (Å²) in [5.74, 6) is 0. The van der Waals surface area contributed by atoms with Gasteiger partial charge >= 0.3 is 0 Å². The minimum Gasteiger partial charge on any atom is -0.393 e. The monoisotopic (exact) mass is 191 g/mol. The predicted molar refractivity (Wildman–Crippen MR) is 47.6 cm³/mol. The molecule has 0 aliphatic heterocycles. The van der Waals surface area contributed by atoms with Crippen molar-refractivity contribution < 1.29 is 9.72 Å². The normalized spacial score (nSPS) is 9.07. The van der Waals surface area contributed by atoms with Crippen LogP contribution in [0.4, 0.5) is 11.4 Å². The van der Waals surface area contributed by atoms with Crippen molar-refractivity contribution in [2.45, 2.75) is 0 Å². The highest BCUT2D eigenvalue weighted by Crippen LogP contribution is 2.25. The molecule has 0 amide bonds. The van der Waals surface area contributed by atoms with Gasteiger partial charge in [0, 0.05) is 11.6 Å². The zero-order valence-corrected chi connectivity index (χ0v) is 6.93. The summed E-state index contributed by atoms with van der Waals surface area (Å²) in [7, 11) is 0. The van der Waals surface area contributed by atoms with Crippen LogP contribution in [0.25, 0.3) is 0 Å². The molecule has 0 heterocycles. The van der Waals surface area contributed by atoms with E-state index in [-0.39, 0.29) is 16.8 Å². The maximum atomic E-state index is 10.5. The Bertz CT molecular complexity index is 448. The summed E-state index contributed by atoms with van der Waals surface area (Å²) in [6, 6.07) is 3.94. The summed E-state index contributed by atoms with van der Waals surface area (Å²) in [6.45, 7) is 0. The molecule has 0 aliphatic rings. The Morgan fingerprint density at radius 3 is 2.64 bits per heavy atom. The number of benzene rings is 1. The lowest BCUT2D eigenvalue weighted by Gasteiger charge is -2.00. The van der Waals surface area contributed by atoms with E-state index in [1.807, 2.05) is 0 Å². The van der Waals surface area contributed by atoms with Gasteiger partial charge in [0.2, 0.25) is 0 Å². The minimum atomic E-state index is -0.733. The van der Waals surface area contributed by atoms with Gasteiger partial charge in [0.1, 0.15) is 5.69 Å². The van der Waals surface area contributed by atoms with Crippen LogP contribution in [0.5, 0.6) is 0 Å². The topological polar surface area (TPSA) is 110 Å². The Hall–Kier alpha value is -2.42. The number of hydrogen-bond donors (Lipinski definition) is 1. The van der Waals surface area contributed by atoms with E-state index in [4.69, 9.17) is 11.0 Å². The van der Waals surface area contributed by atoms with E-state index >= 15 is 0 Å². The van der Waals surface area contributed by atoms with Gasteiger partial charge in [-0.2, -0.15) is 5.26 Å². The van der Waals surface area contributed by atoms with Crippen molar-refractivity contribution in [3.8, 4) is 6.07 Å². The van der Waals surface area contributed by atoms with Crippen LogP contribution in [0.15, 0.2) is 12.1 Å². The van der Waals surface area contributed by atoms with E-state index < -0.39 is 10.6 Å². The Kier molecular flexibility index (Phi) is 2.44. The van der Waals surface area contributed by atoms with Crippen LogP contribution >= 0.6 is 0 Å². The van der Waals surface area contributed by atoms with E-state index in [2.05, 4.69) is 0 Å². The van der Waals surface area contributed by atoms with Crippen LogP contribution in [-0.4, -0.2) is 11.2 Å². The number of nitrogens with two attached hydrogens (primary N) is 1. The SMILES string of the molecule is N#Cc1cc(C=O)c(N)c([N+](=O)[O-])c1. The molecule has 6 heteroatoms. The summed E-state index contributed by atoms with van der Waals surface area (Å²) < 4.78 is 0. The summed E-state index contributed by atoms with van der Waals surface area (Å²) in [4.78, 5) is 20.2. The lowest BCUT2D eigenvalue weighted by molar-refractivity contribution is -0.383. The Morgan fingerprint density at radius 2 is 2.21 bits per heavy atom. The highest BCUT2D eigenvalue weighted by Gasteiger charge is 2.16. The van der Waals surface area contributed by atoms with Crippen LogP contribution in [0.1, 0.15) is 15.9 Å². The molecule has 1 rings (SSSR count). The van der Waals surface area contributed by atoms with Gasteiger partial charge in [-0.15, -0.1) is 0 Å². The van der Waals surface area contributed by atoms with Crippen molar-refractivity contribution in [3.05, 3.63) is 33.4 Å². The first-order valence-electron chi connectivity index (χ1n) is 3.53. The maximum Gasteiger partial charge on any atom is 0.294 e. The molecule has 0 saturated carbocycles. The third kappa shape index (κ3) is 1.51. The highest BCUT2D eigenvalue weighted by atomic mass is 16.6. The number of nitriles is 1. The summed E-state index contributed by atoms with van der Waals surface area (Å²) in [5, 5.41) is 19.0. The molecular weight excluding hydrogens is 186 g/mol. The second-order valence-corrected chi connectivity index (χ2v) is 2.49. The Labute approximate surface area is 78.7 Å². The molecule has 14 heavy (non-hydrogen) atoms. The fraction of sp³-hybridized carbons (Fsp3) is 0. The molecule has 6 nitrogen and oxygen atoms in total. The number of carbonyl (C=O) groups excluding carboxylic acids is 1. The van der Waals surface area contributed by atoms with Crippen LogP contribution in [-0.2, 0) is 0 Å². The first kappa shape index (κ1) is 9.67. The lowest BCUT2D eigenvalue weighted by atomic mass is 10.1. The zero-order valence-electron chi connectivity index (χ0n) is 6.93. The first-order valence-corrected chi connectivity index (χ1v) is 3.53. The first-order chi connectivity index (χ1) is 6.60. The number of nitrogen functional groups attached to an aromatic ring is 1. The molecule has 0 bridgehead atoms. The standard InChI is InChI=1S/C8H5N3O3/c9-3-5-1-6(4-12)8(10)7(2-5)11(13)14/h1-2,4H,10H2. The summed E-state index contributed by atoms with van der Waals surface area (Å²) in [5.41, 5.74) is 4.68. The molecule has 70 valence electrons. The van der Waals surface area contributed by atoms with Crippen molar-refractivity contribution >= 4 is 17.7 Å². The van der Waals surface area contributed by atoms with Crippen LogP contribution in [0.3, 0.4) is 0 Å². The van der Waals surface area contributed by atoms with Crippen LogP contribution in [0.2, 0.25) is 0 Å². The molecule has 0 atom stereocenters. The lowest BCUT2D eigenvalue weighted by Crippen LogP contribution is -2.00. The maximum absolute atomic E-state index is 10.5. The minimum absolute atomic E-state index is 0.0352. The smallest absolute Gasteiger partial charge is 0.294 e. The average Bonchev–Trinajstić information content (AvgIpc) is 2.17. The van der Waals surface area contributed by atoms with E-state index in [1.165, 1.54) is 6.07 Å². The third-order valence-corrected chi connectivity index (χ3v) is 1.64. The Morgan fingerprint density at radius 1 is 1.57 bits per heavy atom. The third-order valence-electron chi connectivity index (χ3n) is 1.64. The number of anilines is 1. The molecule has 0 spiro atoms. The number of aldehydes is 1. The number of nitrogens with zero attached hydrogens (tertiary/aromatic N) is 2. The van der Waals surface area contributed by atoms with Crippen molar-refractivity contribution in [2.75, 3.05) is 5.73 Å². The van der Waals surface area contributed by atoms with E-state index in [0.29, 0.717) is 6.29 Å². The molecular formula is C8H5N3O3. The molecule has 0 radical (unpaired) electrons. The fourth-order valence-electron chi connectivity index (χ4n) is 0.973. The summed E-state index contributed by atoms with van der Waals surface area (Å²) in [6.07, 6.45) is 0.378. The number of carbonyl (C=O) groups is 1. The highest BCUT2D eigenvalue weighted by molar-refractivity contribution is 5.88. The molecule has 2 N–H and O–H groups in total. The number of hydrogen-bond acceptors (Lipinski definition) is 5. The zero-order chi connectivity index (χ0) is 10.7. The van der Waals surface area contributed by atoms with Crippen molar-refractivity contribution in [1.29, 1.82) is 5.26 Å². The fourth-order valence-corrected chi connectivity index (χ4v) is 0.973. The molecule has 0 unspecified atom stereocenters. The van der Waals surface area contributed by atoms with Gasteiger partial charge in [0.05, 0.1) is 16.6 Å². The van der Waals surface area contributed by atoms with Crippen LogP contribution in [0, 0.1) is 21.4 Å². The summed E-state index contributed by atoms with van der Waals surface area (Å²) >= 11 is 0. The molecule has 0 fully saturated rings. The van der Waals surface area contributed by atoms with Gasteiger partial charge in [-0.25, -0.2) is 0 Å². The van der Waals surface area contributed by atoms with Gasteiger partial charge in [0.15, 0.2) is 6.29 Å². The number of rotatable bonds is 2. The van der Waals surface area contributed by atoms with Gasteiger partial charge in [-0.3, -0.25) is 14.9 Å². The van der Waals surface area contributed by atoms with E-state index in [9.17, 15) is 14.9 Å². The quantitative estimate of drug-likeness (QED) is 0.322. The van der Waals surface area contributed by atoms with E-state index in [0.717, 1.165) is 6.07 Å². The molecule has 0 saturated heterocycles. The second kappa shape index (κ2) is 3.53. The largest absolute Gasteiger partial charge is 0.393 e. The van der Waals surface area contributed by atoms with Gasteiger partial charge in [0.25, 0.3) is 5.69 Å². The van der Waals surface area contributed by atoms with Crippen molar-refractivity contribution in [1.82, 2.24) is 0 Å². The number of nitro groups is 1. The molecule has 0 aromatic heterocycles. The van der Waals surface area contributed by atoms with Gasteiger partial charge in [-0.1, -0.05) is 0 Å². The van der Waals surface area contributed by atoms with Gasteiger partial charge < -0.3 is 5.73 Å². The second-order valence-electron chi connectivity index (χ2n) is 2.49. The number of nitro benzene ring substituents is 1.